The molecule has 0 aliphatic rings. The fraction of sp³-hybridized carbons (Fsp3) is 0. The van der Waals surface area contributed by atoms with Gasteiger partial charge in [-0.05, 0) is 48.5 Å². The molecular weight excluding hydrogens is 348 g/mol. The Hall–Kier alpha value is -3.67. The number of carbonyl (C=O) groups is 1. The van der Waals surface area contributed by atoms with Crippen LogP contribution in [-0.4, -0.2) is 15.9 Å². The smallest absolute Gasteiger partial charge is 0.257 e. The number of halogens is 2. The average Bonchev–Trinajstić information content (AvgIpc) is 2.70. The van der Waals surface area contributed by atoms with Gasteiger partial charge in [-0.1, -0.05) is 12.1 Å². The predicted octanol–water partition coefficient (Wildman–Crippen LogP) is 4.83. The van der Waals surface area contributed by atoms with E-state index in [1.54, 1.807) is 30.5 Å². The van der Waals surface area contributed by atoms with Crippen LogP contribution in [0.1, 0.15) is 10.4 Å². The normalized spacial score (nSPS) is 10.7. The highest BCUT2D eigenvalue weighted by atomic mass is 19.2. The summed E-state index contributed by atoms with van der Waals surface area (Å²) in [6.45, 7) is 0. The van der Waals surface area contributed by atoms with E-state index in [4.69, 9.17) is 0 Å². The van der Waals surface area contributed by atoms with E-state index in [-0.39, 0.29) is 5.91 Å². The molecule has 27 heavy (non-hydrogen) atoms. The van der Waals surface area contributed by atoms with Crippen molar-refractivity contribution in [1.82, 2.24) is 9.97 Å². The van der Waals surface area contributed by atoms with Gasteiger partial charge in [-0.25, -0.2) is 8.78 Å². The lowest BCUT2D eigenvalue weighted by Gasteiger charge is -2.07. The molecule has 1 N–H and O–H groups in total. The van der Waals surface area contributed by atoms with Gasteiger partial charge in [0.15, 0.2) is 11.6 Å². The van der Waals surface area contributed by atoms with Crippen LogP contribution in [0, 0.1) is 11.6 Å². The van der Waals surface area contributed by atoms with Crippen LogP contribution in [0.4, 0.5) is 14.5 Å². The average molecular weight is 361 g/mol. The summed E-state index contributed by atoms with van der Waals surface area (Å²) >= 11 is 0. The molecule has 0 atom stereocenters. The van der Waals surface area contributed by atoms with E-state index in [1.165, 1.54) is 12.3 Å². The Kier molecular flexibility index (Phi) is 4.30. The summed E-state index contributed by atoms with van der Waals surface area (Å²) in [5, 5.41) is 3.78. The van der Waals surface area contributed by atoms with Gasteiger partial charge in [-0.15, -0.1) is 0 Å². The van der Waals surface area contributed by atoms with Gasteiger partial charge in [0, 0.05) is 29.0 Å². The summed E-state index contributed by atoms with van der Waals surface area (Å²) < 4.78 is 26.4. The highest BCUT2D eigenvalue weighted by Gasteiger charge is 2.10. The number of hydrogen-bond donors (Lipinski definition) is 1. The molecule has 2 aromatic carbocycles. The largest absolute Gasteiger partial charge is 0.322 e. The van der Waals surface area contributed by atoms with Gasteiger partial charge in [-0.2, -0.15) is 0 Å². The van der Waals surface area contributed by atoms with Crippen molar-refractivity contribution in [2.75, 3.05) is 5.32 Å². The van der Waals surface area contributed by atoms with Crippen LogP contribution in [0.25, 0.3) is 22.2 Å². The Morgan fingerprint density at radius 3 is 2.56 bits per heavy atom. The summed E-state index contributed by atoms with van der Waals surface area (Å²) in [5.74, 6) is -2.18. The minimum absolute atomic E-state index is 0.324. The molecule has 0 radical (unpaired) electrons. The first-order valence-corrected chi connectivity index (χ1v) is 8.18. The fourth-order valence-electron chi connectivity index (χ4n) is 2.70. The summed E-state index contributed by atoms with van der Waals surface area (Å²) in [4.78, 5) is 20.8. The van der Waals surface area contributed by atoms with Gasteiger partial charge < -0.3 is 5.32 Å². The van der Waals surface area contributed by atoms with Crippen molar-refractivity contribution in [3.05, 3.63) is 90.3 Å². The number of hydrogen-bond acceptors (Lipinski definition) is 3. The SMILES string of the molecule is O=C(Nc1ccc2cccnc2c1)c1ccc(-c2ccc(F)c(F)c2)nc1. The van der Waals surface area contributed by atoms with Crippen LogP contribution in [0.5, 0.6) is 0 Å². The van der Waals surface area contributed by atoms with E-state index in [9.17, 15) is 13.6 Å². The second-order valence-electron chi connectivity index (χ2n) is 5.93. The molecule has 6 heteroatoms. The Morgan fingerprint density at radius 2 is 1.78 bits per heavy atom. The summed E-state index contributed by atoms with van der Waals surface area (Å²) in [7, 11) is 0. The maximum Gasteiger partial charge on any atom is 0.257 e. The quantitative estimate of drug-likeness (QED) is 0.569. The van der Waals surface area contributed by atoms with Gasteiger partial charge >= 0.3 is 0 Å². The highest BCUT2D eigenvalue weighted by Crippen LogP contribution is 2.21. The fourth-order valence-corrected chi connectivity index (χ4v) is 2.70. The molecule has 0 fully saturated rings. The van der Waals surface area contributed by atoms with Crippen LogP contribution in [0.15, 0.2) is 73.1 Å². The molecule has 4 aromatic rings. The van der Waals surface area contributed by atoms with Gasteiger partial charge in [0.2, 0.25) is 0 Å². The van der Waals surface area contributed by atoms with Gasteiger partial charge in [-0.3, -0.25) is 14.8 Å². The van der Waals surface area contributed by atoms with Crippen molar-refractivity contribution in [2.45, 2.75) is 0 Å². The number of carbonyl (C=O) groups excluding carboxylic acids is 1. The Morgan fingerprint density at radius 1 is 0.889 bits per heavy atom. The Balaban J connectivity index is 1.53. The first kappa shape index (κ1) is 16.8. The van der Waals surface area contributed by atoms with Crippen LogP contribution in [0.3, 0.4) is 0 Å². The number of aromatic nitrogens is 2. The zero-order chi connectivity index (χ0) is 18.8. The van der Waals surface area contributed by atoms with E-state index in [2.05, 4.69) is 15.3 Å². The van der Waals surface area contributed by atoms with E-state index in [1.807, 2.05) is 18.2 Å². The number of nitrogens with zero attached hydrogens (tertiary/aromatic N) is 2. The molecule has 0 spiro atoms. The van der Waals surface area contributed by atoms with Gasteiger partial charge in [0.1, 0.15) is 0 Å². The first-order valence-electron chi connectivity index (χ1n) is 8.18. The van der Waals surface area contributed by atoms with Crippen molar-refractivity contribution in [3.8, 4) is 11.3 Å². The van der Waals surface area contributed by atoms with Crippen molar-refractivity contribution in [3.63, 3.8) is 0 Å². The summed E-state index contributed by atoms with van der Waals surface area (Å²) in [6.07, 6.45) is 3.08. The number of nitrogens with one attached hydrogen (secondary N) is 1. The lowest BCUT2D eigenvalue weighted by Crippen LogP contribution is -2.12. The third-order valence-electron chi connectivity index (χ3n) is 4.10. The molecule has 0 saturated heterocycles. The second-order valence-corrected chi connectivity index (χ2v) is 5.93. The van der Waals surface area contributed by atoms with E-state index >= 15 is 0 Å². The van der Waals surface area contributed by atoms with Crippen molar-refractivity contribution in [2.24, 2.45) is 0 Å². The summed E-state index contributed by atoms with van der Waals surface area (Å²) in [5.41, 5.74) is 2.63. The van der Waals surface area contributed by atoms with Gasteiger partial charge in [0.05, 0.1) is 16.8 Å². The maximum absolute atomic E-state index is 13.4. The molecule has 2 heterocycles. The third kappa shape index (κ3) is 3.50. The Bertz CT molecular complexity index is 1140. The minimum Gasteiger partial charge on any atom is -0.322 e. The third-order valence-corrected chi connectivity index (χ3v) is 4.10. The second kappa shape index (κ2) is 6.92. The molecule has 1 amide bonds. The summed E-state index contributed by atoms with van der Waals surface area (Å²) in [6, 6.07) is 16.0. The van der Waals surface area contributed by atoms with E-state index in [0.717, 1.165) is 23.0 Å². The Labute approximate surface area is 153 Å². The lowest BCUT2D eigenvalue weighted by molar-refractivity contribution is 0.102. The number of rotatable bonds is 3. The van der Waals surface area contributed by atoms with Crippen molar-refractivity contribution in [1.29, 1.82) is 0 Å². The molecule has 0 aliphatic heterocycles. The van der Waals surface area contributed by atoms with E-state index in [0.29, 0.717) is 22.5 Å². The number of fused-ring (bicyclic) bond motifs is 1. The zero-order valence-corrected chi connectivity index (χ0v) is 14.0. The van der Waals surface area contributed by atoms with Gasteiger partial charge in [0.25, 0.3) is 5.91 Å². The number of pyridine rings is 2. The van der Waals surface area contributed by atoms with Crippen LogP contribution < -0.4 is 5.32 Å². The molecule has 0 unspecified atom stereocenters. The number of anilines is 1. The van der Waals surface area contributed by atoms with Crippen LogP contribution in [-0.2, 0) is 0 Å². The van der Waals surface area contributed by atoms with Crippen LogP contribution >= 0.6 is 0 Å². The molecule has 0 bridgehead atoms. The molecule has 2 aromatic heterocycles. The predicted molar refractivity (Wildman–Crippen MR) is 99.3 cm³/mol. The highest BCUT2D eigenvalue weighted by molar-refractivity contribution is 6.05. The molecule has 0 saturated carbocycles. The number of amides is 1. The molecule has 132 valence electrons. The minimum atomic E-state index is -0.943. The molecular formula is C21H13F2N3O. The van der Waals surface area contributed by atoms with E-state index < -0.39 is 11.6 Å². The van der Waals surface area contributed by atoms with Crippen molar-refractivity contribution < 1.29 is 13.6 Å². The standard InChI is InChI=1S/C21H13F2N3O/c22-17-7-4-14(10-18(17)23)19-8-5-15(12-25-19)21(27)26-16-6-3-13-2-1-9-24-20(13)11-16/h1-12H,(H,26,27). The first-order chi connectivity index (χ1) is 13.1. The molecule has 4 nitrogen and oxygen atoms in total. The monoisotopic (exact) mass is 361 g/mol. The van der Waals surface area contributed by atoms with Crippen LogP contribution in [0.2, 0.25) is 0 Å². The maximum atomic E-state index is 13.4. The lowest BCUT2D eigenvalue weighted by atomic mass is 10.1. The molecule has 0 aliphatic carbocycles. The van der Waals surface area contributed by atoms with Crippen molar-refractivity contribution >= 4 is 22.5 Å². The zero-order valence-electron chi connectivity index (χ0n) is 14.0. The number of benzene rings is 2. The molecule has 4 rings (SSSR count). The topological polar surface area (TPSA) is 54.9 Å².